The largest absolute Gasteiger partial charge is 0.249 e. The van der Waals surface area contributed by atoms with Crippen molar-refractivity contribution in [3.05, 3.63) is 53.5 Å². The molecule has 0 aliphatic heterocycles. The maximum absolute atomic E-state index is 13.3. The van der Waals surface area contributed by atoms with E-state index in [-0.39, 0.29) is 11.6 Å². The van der Waals surface area contributed by atoms with Gasteiger partial charge in [-0.05, 0) is 12.1 Å². The zero-order valence-electron chi connectivity index (χ0n) is 8.15. The summed E-state index contributed by atoms with van der Waals surface area (Å²) in [6.07, 6.45) is 0. The van der Waals surface area contributed by atoms with E-state index < -0.39 is 34.9 Å². The Morgan fingerprint density at radius 1 is 0.706 bits per heavy atom. The van der Waals surface area contributed by atoms with Crippen LogP contribution in [0.4, 0.5) is 22.0 Å². The van der Waals surface area contributed by atoms with Crippen molar-refractivity contribution in [2.75, 3.05) is 0 Å². The summed E-state index contributed by atoms with van der Waals surface area (Å²) in [4.78, 5) is 2.97. The van der Waals surface area contributed by atoms with Gasteiger partial charge in [0, 0.05) is 17.7 Å². The average Bonchev–Trinajstić information content (AvgIpc) is 2.22. The summed E-state index contributed by atoms with van der Waals surface area (Å²) < 4.78 is 64.4. The molecule has 1 nitrogen and oxygen atoms in total. The SMILES string of the molecule is Fc1cc(F)cc(-c2nc(F)c(F)cc2F)c1. The molecule has 0 radical (unpaired) electrons. The summed E-state index contributed by atoms with van der Waals surface area (Å²) in [5.41, 5.74) is -0.957. The maximum atomic E-state index is 13.3. The Hall–Kier alpha value is -1.98. The lowest BCUT2D eigenvalue weighted by molar-refractivity contribution is 0.466. The predicted octanol–water partition coefficient (Wildman–Crippen LogP) is 3.44. The molecule has 6 heteroatoms. The molecule has 0 spiro atoms. The van der Waals surface area contributed by atoms with Gasteiger partial charge < -0.3 is 0 Å². The third-order valence-electron chi connectivity index (χ3n) is 2.02. The minimum Gasteiger partial charge on any atom is -0.214 e. The molecule has 1 heterocycles. The second kappa shape index (κ2) is 4.12. The van der Waals surface area contributed by atoms with Crippen molar-refractivity contribution in [2.24, 2.45) is 0 Å². The zero-order valence-corrected chi connectivity index (χ0v) is 8.15. The topological polar surface area (TPSA) is 12.9 Å². The Kier molecular flexibility index (Phi) is 2.79. The van der Waals surface area contributed by atoms with Gasteiger partial charge in [-0.1, -0.05) is 0 Å². The van der Waals surface area contributed by atoms with Gasteiger partial charge in [0.2, 0.25) is 5.95 Å². The summed E-state index contributed by atoms with van der Waals surface area (Å²) in [6.45, 7) is 0. The van der Waals surface area contributed by atoms with Crippen LogP contribution in [0.3, 0.4) is 0 Å². The Morgan fingerprint density at radius 3 is 1.88 bits per heavy atom. The van der Waals surface area contributed by atoms with Crippen molar-refractivity contribution in [3.8, 4) is 11.3 Å². The molecule has 1 aromatic carbocycles. The highest BCUT2D eigenvalue weighted by atomic mass is 19.2. The summed E-state index contributed by atoms with van der Waals surface area (Å²) in [5.74, 6) is -6.14. The fraction of sp³-hybridized carbons (Fsp3) is 0. The molecule has 0 N–H and O–H groups in total. The van der Waals surface area contributed by atoms with Gasteiger partial charge in [0.25, 0.3) is 0 Å². The van der Waals surface area contributed by atoms with E-state index in [1.807, 2.05) is 0 Å². The highest BCUT2D eigenvalue weighted by Crippen LogP contribution is 2.23. The second-order valence-electron chi connectivity index (χ2n) is 3.25. The number of hydrogen-bond acceptors (Lipinski definition) is 1. The van der Waals surface area contributed by atoms with Crippen LogP contribution >= 0.6 is 0 Å². The molecule has 0 atom stereocenters. The van der Waals surface area contributed by atoms with E-state index in [0.29, 0.717) is 6.07 Å². The molecule has 0 amide bonds. The number of halogens is 5. The summed E-state index contributed by atoms with van der Waals surface area (Å²) in [5, 5.41) is 0. The molecule has 0 fully saturated rings. The lowest BCUT2D eigenvalue weighted by Crippen LogP contribution is -1.98. The van der Waals surface area contributed by atoms with Crippen LogP contribution in [-0.4, -0.2) is 4.98 Å². The van der Waals surface area contributed by atoms with Crippen molar-refractivity contribution in [2.45, 2.75) is 0 Å². The van der Waals surface area contributed by atoms with E-state index in [4.69, 9.17) is 0 Å². The fourth-order valence-corrected chi connectivity index (χ4v) is 1.34. The molecule has 0 bridgehead atoms. The Bertz CT molecular complexity index is 562. The van der Waals surface area contributed by atoms with E-state index in [9.17, 15) is 22.0 Å². The van der Waals surface area contributed by atoms with E-state index in [2.05, 4.69) is 4.98 Å². The molecule has 2 aromatic rings. The number of pyridine rings is 1. The monoisotopic (exact) mass is 245 g/mol. The average molecular weight is 245 g/mol. The Balaban J connectivity index is 2.64. The van der Waals surface area contributed by atoms with Crippen molar-refractivity contribution < 1.29 is 22.0 Å². The highest BCUT2D eigenvalue weighted by molar-refractivity contribution is 5.59. The number of rotatable bonds is 1. The molecular formula is C11H4F5N. The normalized spacial score (nSPS) is 10.6. The van der Waals surface area contributed by atoms with Gasteiger partial charge in [-0.15, -0.1) is 0 Å². The number of hydrogen-bond donors (Lipinski definition) is 0. The molecule has 1 aromatic heterocycles. The van der Waals surface area contributed by atoms with E-state index >= 15 is 0 Å². The molecule has 0 aliphatic rings. The van der Waals surface area contributed by atoms with Crippen LogP contribution in [0, 0.1) is 29.2 Å². The second-order valence-corrected chi connectivity index (χ2v) is 3.25. The first-order valence-electron chi connectivity index (χ1n) is 4.45. The van der Waals surface area contributed by atoms with Gasteiger partial charge in [0.15, 0.2) is 11.6 Å². The van der Waals surface area contributed by atoms with Crippen LogP contribution in [-0.2, 0) is 0 Å². The number of benzene rings is 1. The number of nitrogens with zero attached hydrogens (tertiary/aromatic N) is 1. The van der Waals surface area contributed by atoms with Crippen molar-refractivity contribution in [3.63, 3.8) is 0 Å². The quantitative estimate of drug-likeness (QED) is 0.554. The molecule has 17 heavy (non-hydrogen) atoms. The molecule has 0 saturated heterocycles. The van der Waals surface area contributed by atoms with Crippen LogP contribution in [0.1, 0.15) is 0 Å². The molecule has 88 valence electrons. The minimum absolute atomic E-state index is 0.264. The zero-order chi connectivity index (χ0) is 12.6. The smallest absolute Gasteiger partial charge is 0.214 e. The van der Waals surface area contributed by atoms with E-state index in [1.165, 1.54) is 0 Å². The summed E-state index contributed by atoms with van der Waals surface area (Å²) >= 11 is 0. The van der Waals surface area contributed by atoms with E-state index in [1.54, 1.807) is 0 Å². The highest BCUT2D eigenvalue weighted by Gasteiger charge is 2.14. The summed E-state index contributed by atoms with van der Waals surface area (Å²) in [7, 11) is 0. The Labute approximate surface area is 92.5 Å². The summed E-state index contributed by atoms with van der Waals surface area (Å²) in [6, 6.07) is 2.37. The van der Waals surface area contributed by atoms with Gasteiger partial charge >= 0.3 is 0 Å². The van der Waals surface area contributed by atoms with Crippen LogP contribution in [0.2, 0.25) is 0 Å². The first kappa shape index (κ1) is 11.5. The molecule has 0 aliphatic carbocycles. The molecular weight excluding hydrogens is 241 g/mol. The van der Waals surface area contributed by atoms with Gasteiger partial charge in [-0.25, -0.2) is 22.5 Å². The number of aromatic nitrogens is 1. The predicted molar refractivity (Wildman–Crippen MR) is 49.5 cm³/mol. The standard InChI is InChI=1S/C11H4F5N/c12-6-1-5(2-7(13)3-6)10-8(14)4-9(15)11(16)17-10/h1-4H. The van der Waals surface area contributed by atoms with Gasteiger partial charge in [-0.3, -0.25) is 0 Å². The van der Waals surface area contributed by atoms with Gasteiger partial charge in [0.1, 0.15) is 17.3 Å². The lowest BCUT2D eigenvalue weighted by Gasteiger charge is -2.04. The third kappa shape index (κ3) is 2.25. The molecule has 2 rings (SSSR count). The van der Waals surface area contributed by atoms with Gasteiger partial charge in [-0.2, -0.15) is 4.39 Å². The first-order valence-corrected chi connectivity index (χ1v) is 4.45. The van der Waals surface area contributed by atoms with Gasteiger partial charge in [0.05, 0.1) is 0 Å². The molecule has 0 unspecified atom stereocenters. The molecule has 0 saturated carbocycles. The maximum Gasteiger partial charge on any atom is 0.249 e. The van der Waals surface area contributed by atoms with Crippen molar-refractivity contribution >= 4 is 0 Å². The van der Waals surface area contributed by atoms with Crippen molar-refractivity contribution in [1.29, 1.82) is 0 Å². The van der Waals surface area contributed by atoms with E-state index in [0.717, 1.165) is 12.1 Å². The van der Waals surface area contributed by atoms with Crippen LogP contribution < -0.4 is 0 Å². The first-order chi connectivity index (χ1) is 7.97. The van der Waals surface area contributed by atoms with Crippen LogP contribution in [0.5, 0.6) is 0 Å². The minimum atomic E-state index is -1.54. The Morgan fingerprint density at radius 2 is 1.29 bits per heavy atom. The lowest BCUT2D eigenvalue weighted by atomic mass is 10.1. The van der Waals surface area contributed by atoms with Crippen LogP contribution in [0.15, 0.2) is 24.3 Å². The fourth-order valence-electron chi connectivity index (χ4n) is 1.34. The third-order valence-corrected chi connectivity index (χ3v) is 2.02. The van der Waals surface area contributed by atoms with Crippen LogP contribution in [0.25, 0.3) is 11.3 Å². The van der Waals surface area contributed by atoms with Crippen molar-refractivity contribution in [1.82, 2.24) is 4.98 Å².